The second kappa shape index (κ2) is 6.98. The molecule has 3 aliphatic rings. The summed E-state index contributed by atoms with van der Waals surface area (Å²) in [6.07, 6.45) is 8.80. The van der Waals surface area contributed by atoms with Crippen LogP contribution in [0.15, 0.2) is 12.3 Å². The van der Waals surface area contributed by atoms with Gasteiger partial charge in [-0.15, -0.1) is 0 Å². The van der Waals surface area contributed by atoms with E-state index in [2.05, 4.69) is 40.0 Å². The van der Waals surface area contributed by atoms with Gasteiger partial charge in [0.1, 0.15) is 0 Å². The summed E-state index contributed by atoms with van der Waals surface area (Å²) in [6.45, 7) is 4.76. The molecule has 3 aliphatic heterocycles. The van der Waals surface area contributed by atoms with Crippen LogP contribution in [0.2, 0.25) is 0 Å². The number of aromatic nitrogens is 2. The molecular weight excluding hydrogens is 314 g/mol. The Morgan fingerprint density at radius 1 is 1.20 bits per heavy atom. The lowest BCUT2D eigenvalue weighted by atomic mass is 9.93. The van der Waals surface area contributed by atoms with Crippen LogP contribution in [0.4, 0.5) is 4.79 Å². The van der Waals surface area contributed by atoms with Crippen LogP contribution >= 0.6 is 0 Å². The SMILES string of the molecule is CCn1nccc1C1CCN(C(=O)NC2CC3CCC(C2)N3C)CC1. The number of hydrogen-bond donors (Lipinski definition) is 1. The molecule has 6 nitrogen and oxygen atoms in total. The first-order valence-corrected chi connectivity index (χ1v) is 9.94. The molecule has 0 radical (unpaired) electrons. The highest BCUT2D eigenvalue weighted by Gasteiger charge is 2.39. The van der Waals surface area contributed by atoms with Gasteiger partial charge in [-0.1, -0.05) is 0 Å². The van der Waals surface area contributed by atoms with Crippen molar-refractivity contribution >= 4 is 6.03 Å². The van der Waals surface area contributed by atoms with Crippen molar-refractivity contribution in [1.82, 2.24) is 24.9 Å². The first kappa shape index (κ1) is 16.9. The quantitative estimate of drug-likeness (QED) is 0.915. The Labute approximate surface area is 150 Å². The first-order valence-electron chi connectivity index (χ1n) is 9.94. The van der Waals surface area contributed by atoms with Crippen molar-refractivity contribution in [2.75, 3.05) is 20.1 Å². The molecule has 25 heavy (non-hydrogen) atoms. The molecule has 3 fully saturated rings. The van der Waals surface area contributed by atoms with Crippen LogP contribution in [-0.2, 0) is 6.54 Å². The van der Waals surface area contributed by atoms with E-state index in [1.807, 2.05) is 11.1 Å². The van der Waals surface area contributed by atoms with Crippen molar-refractivity contribution in [2.45, 2.75) is 76.0 Å². The molecule has 6 heteroatoms. The summed E-state index contributed by atoms with van der Waals surface area (Å²) in [5, 5.41) is 7.71. The van der Waals surface area contributed by atoms with Gasteiger partial charge in [0.25, 0.3) is 0 Å². The fraction of sp³-hybridized carbons (Fsp3) is 0.789. The minimum absolute atomic E-state index is 0.149. The topological polar surface area (TPSA) is 53.4 Å². The highest BCUT2D eigenvalue weighted by Crippen LogP contribution is 2.34. The number of nitrogens with zero attached hydrogens (tertiary/aromatic N) is 4. The third-order valence-corrected chi connectivity index (χ3v) is 6.68. The number of hydrogen-bond acceptors (Lipinski definition) is 3. The lowest BCUT2D eigenvalue weighted by Crippen LogP contribution is -2.53. The largest absolute Gasteiger partial charge is 0.335 e. The molecular formula is C19H31N5O. The van der Waals surface area contributed by atoms with Crippen molar-refractivity contribution in [1.29, 1.82) is 0 Å². The smallest absolute Gasteiger partial charge is 0.317 e. The Morgan fingerprint density at radius 2 is 1.88 bits per heavy atom. The van der Waals surface area contributed by atoms with Crippen LogP contribution < -0.4 is 5.32 Å². The second-order valence-electron chi connectivity index (χ2n) is 8.00. The molecule has 4 rings (SSSR count). The number of nitrogens with one attached hydrogen (secondary N) is 1. The Balaban J connectivity index is 1.28. The molecule has 0 spiro atoms. The van der Waals surface area contributed by atoms with Crippen molar-refractivity contribution in [2.24, 2.45) is 0 Å². The summed E-state index contributed by atoms with van der Waals surface area (Å²) in [5.74, 6) is 0.533. The van der Waals surface area contributed by atoms with Crippen molar-refractivity contribution in [3.63, 3.8) is 0 Å². The fourth-order valence-corrected chi connectivity index (χ4v) is 5.13. The fourth-order valence-electron chi connectivity index (χ4n) is 5.13. The molecule has 0 aliphatic carbocycles. The number of piperidine rings is 2. The van der Waals surface area contributed by atoms with Gasteiger partial charge in [-0.3, -0.25) is 4.68 Å². The Morgan fingerprint density at radius 3 is 2.52 bits per heavy atom. The Hall–Kier alpha value is -1.56. The van der Waals surface area contributed by atoms with Crippen LogP contribution in [0.1, 0.15) is 57.1 Å². The lowest BCUT2D eigenvalue weighted by Gasteiger charge is -2.38. The molecule has 2 unspecified atom stereocenters. The van der Waals surface area contributed by atoms with Gasteiger partial charge in [0, 0.05) is 55.6 Å². The maximum Gasteiger partial charge on any atom is 0.317 e. The third kappa shape index (κ3) is 3.28. The van der Waals surface area contributed by atoms with E-state index in [0.717, 1.165) is 45.3 Å². The van der Waals surface area contributed by atoms with Crippen molar-refractivity contribution in [3.05, 3.63) is 18.0 Å². The summed E-state index contributed by atoms with van der Waals surface area (Å²) >= 11 is 0. The van der Waals surface area contributed by atoms with Gasteiger partial charge < -0.3 is 15.1 Å². The number of fused-ring (bicyclic) bond motifs is 2. The van der Waals surface area contributed by atoms with Crippen LogP contribution in [-0.4, -0.2) is 63.9 Å². The van der Waals surface area contributed by atoms with Gasteiger partial charge in [-0.05, 0) is 58.6 Å². The molecule has 2 amide bonds. The van der Waals surface area contributed by atoms with E-state index < -0.39 is 0 Å². The maximum absolute atomic E-state index is 12.7. The summed E-state index contributed by atoms with van der Waals surface area (Å²) in [6, 6.07) is 3.99. The zero-order valence-corrected chi connectivity index (χ0v) is 15.5. The third-order valence-electron chi connectivity index (χ3n) is 6.68. The Bertz CT molecular complexity index is 593. The normalized spacial score (nSPS) is 30.6. The summed E-state index contributed by atoms with van der Waals surface area (Å²) < 4.78 is 2.09. The highest BCUT2D eigenvalue weighted by molar-refractivity contribution is 5.74. The number of urea groups is 1. The number of rotatable bonds is 3. The van der Waals surface area contributed by atoms with E-state index >= 15 is 0 Å². The van der Waals surface area contributed by atoms with Gasteiger partial charge in [-0.2, -0.15) is 5.10 Å². The van der Waals surface area contributed by atoms with Crippen molar-refractivity contribution < 1.29 is 4.79 Å². The minimum Gasteiger partial charge on any atom is -0.335 e. The summed E-state index contributed by atoms with van der Waals surface area (Å²) in [5.41, 5.74) is 1.33. The first-order chi connectivity index (χ1) is 12.2. The number of carbonyl (C=O) groups is 1. The van der Waals surface area contributed by atoms with E-state index in [9.17, 15) is 4.79 Å². The van der Waals surface area contributed by atoms with Crippen LogP contribution in [0.3, 0.4) is 0 Å². The number of likely N-dealkylation sites (tertiary alicyclic amines) is 1. The molecule has 0 aromatic carbocycles. The second-order valence-corrected chi connectivity index (χ2v) is 8.00. The minimum atomic E-state index is 0.149. The Kier molecular flexibility index (Phi) is 4.71. The van der Waals surface area contributed by atoms with Crippen LogP contribution in [0, 0.1) is 0 Å². The zero-order valence-electron chi connectivity index (χ0n) is 15.5. The average Bonchev–Trinajstić information content (AvgIpc) is 3.17. The van der Waals surface area contributed by atoms with Gasteiger partial charge >= 0.3 is 6.03 Å². The van der Waals surface area contributed by atoms with E-state index in [0.29, 0.717) is 24.0 Å². The van der Waals surface area contributed by atoms with Crippen LogP contribution in [0.5, 0.6) is 0 Å². The van der Waals surface area contributed by atoms with E-state index in [1.54, 1.807) is 0 Å². The van der Waals surface area contributed by atoms with Gasteiger partial charge in [0.05, 0.1) is 0 Å². The number of amides is 2. The molecule has 1 aromatic rings. The van der Waals surface area contributed by atoms with Gasteiger partial charge in [0.2, 0.25) is 0 Å². The molecule has 4 heterocycles. The molecule has 1 N–H and O–H groups in total. The summed E-state index contributed by atoms with van der Waals surface area (Å²) in [7, 11) is 2.24. The predicted octanol–water partition coefficient (Wildman–Crippen LogP) is 2.42. The molecule has 3 saturated heterocycles. The number of aryl methyl sites for hydroxylation is 1. The van der Waals surface area contributed by atoms with Crippen molar-refractivity contribution in [3.8, 4) is 0 Å². The average molecular weight is 345 g/mol. The van der Waals surface area contributed by atoms with E-state index in [4.69, 9.17) is 0 Å². The number of carbonyl (C=O) groups excluding carboxylic acids is 1. The van der Waals surface area contributed by atoms with Gasteiger partial charge in [-0.25, -0.2) is 4.79 Å². The van der Waals surface area contributed by atoms with Crippen LogP contribution in [0.25, 0.3) is 0 Å². The maximum atomic E-state index is 12.7. The predicted molar refractivity (Wildman–Crippen MR) is 97.6 cm³/mol. The molecule has 1 aromatic heterocycles. The van der Waals surface area contributed by atoms with Gasteiger partial charge in [0.15, 0.2) is 0 Å². The molecule has 0 saturated carbocycles. The standard InChI is InChI=1S/C19H31N5O/c1-3-24-18(6-9-20-24)14-7-10-23(11-8-14)19(25)21-15-12-16-4-5-17(13-15)22(16)2/h6,9,14-17H,3-5,7-8,10-13H2,1-2H3,(H,21,25). The zero-order chi connectivity index (χ0) is 17.4. The van der Waals surface area contributed by atoms with E-state index in [1.165, 1.54) is 18.5 Å². The molecule has 138 valence electrons. The van der Waals surface area contributed by atoms with E-state index in [-0.39, 0.29) is 6.03 Å². The monoisotopic (exact) mass is 345 g/mol. The highest BCUT2D eigenvalue weighted by atomic mass is 16.2. The summed E-state index contributed by atoms with van der Waals surface area (Å²) in [4.78, 5) is 17.2. The molecule has 2 bridgehead atoms. The lowest BCUT2D eigenvalue weighted by molar-refractivity contribution is 0.137. The molecule has 2 atom stereocenters.